The summed E-state index contributed by atoms with van der Waals surface area (Å²) in [6.45, 7) is 0.423. The number of benzene rings is 1. The van der Waals surface area contributed by atoms with Crippen LogP contribution < -0.4 is 10.6 Å². The van der Waals surface area contributed by atoms with Gasteiger partial charge in [-0.3, -0.25) is 14.6 Å². The lowest BCUT2D eigenvalue weighted by Gasteiger charge is -2.08. The second-order valence-corrected chi connectivity index (χ2v) is 6.48. The van der Waals surface area contributed by atoms with E-state index in [1.165, 1.54) is 0 Å². The largest absolute Gasteiger partial charge is 0.352 e. The zero-order valence-corrected chi connectivity index (χ0v) is 14.1. The normalized spacial score (nSPS) is 18.8. The van der Waals surface area contributed by atoms with Gasteiger partial charge in [0.05, 0.1) is 22.5 Å². The molecule has 1 fully saturated rings. The van der Waals surface area contributed by atoms with Gasteiger partial charge in [0.1, 0.15) is 0 Å². The topological polar surface area (TPSA) is 71.1 Å². The van der Waals surface area contributed by atoms with Gasteiger partial charge in [-0.25, -0.2) is 0 Å². The molecule has 0 radical (unpaired) electrons. The molecular formula is C17H15Cl2N3O2. The van der Waals surface area contributed by atoms with Gasteiger partial charge < -0.3 is 10.6 Å². The Labute approximate surface area is 149 Å². The van der Waals surface area contributed by atoms with Crippen molar-refractivity contribution in [1.29, 1.82) is 0 Å². The van der Waals surface area contributed by atoms with Crippen molar-refractivity contribution in [2.75, 3.05) is 5.32 Å². The minimum atomic E-state index is -0.336. The maximum atomic E-state index is 12.2. The van der Waals surface area contributed by atoms with E-state index in [1.54, 1.807) is 30.6 Å². The fourth-order valence-electron chi connectivity index (χ4n) is 2.41. The van der Waals surface area contributed by atoms with Crippen molar-refractivity contribution in [3.05, 3.63) is 58.3 Å². The Morgan fingerprint density at radius 2 is 1.79 bits per heavy atom. The summed E-state index contributed by atoms with van der Waals surface area (Å²) in [6.07, 6.45) is 3.87. The zero-order chi connectivity index (χ0) is 17.1. The third-order valence-corrected chi connectivity index (χ3v) is 4.43. The predicted octanol–water partition coefficient (Wildman–Crippen LogP) is 3.28. The van der Waals surface area contributed by atoms with E-state index in [2.05, 4.69) is 15.6 Å². The molecule has 2 unspecified atom stereocenters. The van der Waals surface area contributed by atoms with Gasteiger partial charge in [-0.1, -0.05) is 23.2 Å². The number of hydrogen-bond donors (Lipinski definition) is 2. The molecule has 2 aromatic rings. The van der Waals surface area contributed by atoms with E-state index >= 15 is 0 Å². The molecule has 2 N–H and O–H groups in total. The van der Waals surface area contributed by atoms with E-state index in [1.807, 2.05) is 12.1 Å². The SMILES string of the molecule is O=C(NCc1ccncc1)C1CC1C(=O)Nc1cc(Cl)ccc1Cl. The molecule has 1 saturated carbocycles. The standard InChI is InChI=1S/C17H15Cl2N3O2/c18-11-1-2-14(19)15(7-11)22-17(24)13-8-12(13)16(23)21-9-10-3-5-20-6-4-10/h1-7,12-13H,8-9H2,(H,21,23)(H,22,24). The van der Waals surface area contributed by atoms with Crippen LogP contribution in [0.15, 0.2) is 42.7 Å². The molecule has 2 atom stereocenters. The van der Waals surface area contributed by atoms with Crippen LogP contribution in [0, 0.1) is 11.8 Å². The molecular weight excluding hydrogens is 349 g/mol. The highest BCUT2D eigenvalue weighted by Gasteiger charge is 2.48. The van der Waals surface area contributed by atoms with Crippen LogP contribution in [-0.4, -0.2) is 16.8 Å². The van der Waals surface area contributed by atoms with E-state index in [0.29, 0.717) is 28.7 Å². The van der Waals surface area contributed by atoms with Gasteiger partial charge in [0.2, 0.25) is 11.8 Å². The second-order valence-electron chi connectivity index (χ2n) is 5.64. The molecule has 3 rings (SSSR count). The number of amides is 2. The molecule has 124 valence electrons. The molecule has 1 heterocycles. The number of nitrogens with zero attached hydrogens (tertiary/aromatic N) is 1. The van der Waals surface area contributed by atoms with Crippen LogP contribution in [0.4, 0.5) is 5.69 Å². The molecule has 0 bridgehead atoms. The molecule has 2 amide bonds. The average molecular weight is 364 g/mol. The van der Waals surface area contributed by atoms with Gasteiger partial charge in [-0.2, -0.15) is 0 Å². The Bertz CT molecular complexity index is 768. The number of anilines is 1. The first kappa shape index (κ1) is 16.7. The Hall–Kier alpha value is -2.11. The molecule has 1 aliphatic rings. The number of hydrogen-bond acceptors (Lipinski definition) is 3. The summed E-state index contributed by atoms with van der Waals surface area (Å²) < 4.78 is 0. The van der Waals surface area contributed by atoms with Gasteiger partial charge in [0, 0.05) is 24.0 Å². The third-order valence-electron chi connectivity index (χ3n) is 3.87. The van der Waals surface area contributed by atoms with E-state index in [-0.39, 0.29) is 23.7 Å². The number of carbonyl (C=O) groups is 2. The Kier molecular flexibility index (Phi) is 5.02. The Morgan fingerprint density at radius 3 is 2.54 bits per heavy atom. The zero-order valence-electron chi connectivity index (χ0n) is 12.6. The van der Waals surface area contributed by atoms with Crippen LogP contribution in [0.5, 0.6) is 0 Å². The Morgan fingerprint density at radius 1 is 1.08 bits per heavy atom. The second kappa shape index (κ2) is 7.20. The summed E-state index contributed by atoms with van der Waals surface area (Å²) in [5.74, 6) is -0.977. The van der Waals surface area contributed by atoms with E-state index in [4.69, 9.17) is 23.2 Å². The van der Waals surface area contributed by atoms with Gasteiger partial charge >= 0.3 is 0 Å². The maximum absolute atomic E-state index is 12.2. The lowest BCUT2D eigenvalue weighted by Crippen LogP contribution is -2.27. The Balaban J connectivity index is 1.52. The van der Waals surface area contributed by atoms with Crippen LogP contribution in [-0.2, 0) is 16.1 Å². The van der Waals surface area contributed by atoms with Crippen molar-refractivity contribution in [1.82, 2.24) is 10.3 Å². The molecule has 0 spiro atoms. The summed E-state index contributed by atoms with van der Waals surface area (Å²) in [5, 5.41) is 6.46. The molecule has 7 heteroatoms. The van der Waals surface area contributed by atoms with Crippen LogP contribution in [0.3, 0.4) is 0 Å². The van der Waals surface area contributed by atoms with Crippen LogP contribution in [0.2, 0.25) is 10.0 Å². The minimum Gasteiger partial charge on any atom is -0.352 e. The number of nitrogens with one attached hydrogen (secondary N) is 2. The van der Waals surface area contributed by atoms with Crippen molar-refractivity contribution in [2.24, 2.45) is 11.8 Å². The van der Waals surface area contributed by atoms with E-state index in [0.717, 1.165) is 5.56 Å². The number of rotatable bonds is 5. The summed E-state index contributed by atoms with van der Waals surface area (Å²) in [7, 11) is 0. The first-order chi connectivity index (χ1) is 11.5. The highest BCUT2D eigenvalue weighted by molar-refractivity contribution is 6.35. The maximum Gasteiger partial charge on any atom is 0.228 e. The lowest BCUT2D eigenvalue weighted by atomic mass is 10.2. The molecule has 5 nitrogen and oxygen atoms in total. The van der Waals surface area contributed by atoms with Gasteiger partial charge in [0.15, 0.2) is 0 Å². The fourth-order valence-corrected chi connectivity index (χ4v) is 2.75. The first-order valence-electron chi connectivity index (χ1n) is 7.47. The molecule has 1 aromatic carbocycles. The minimum absolute atomic E-state index is 0.121. The number of pyridine rings is 1. The quantitative estimate of drug-likeness (QED) is 0.855. The molecule has 1 aliphatic carbocycles. The van der Waals surface area contributed by atoms with Crippen molar-refractivity contribution in [2.45, 2.75) is 13.0 Å². The number of aromatic nitrogens is 1. The van der Waals surface area contributed by atoms with Gasteiger partial charge in [-0.05, 0) is 42.3 Å². The van der Waals surface area contributed by atoms with Crippen molar-refractivity contribution >= 4 is 40.7 Å². The number of halogens is 2. The number of carbonyl (C=O) groups excluding carboxylic acids is 2. The third kappa shape index (κ3) is 4.04. The van der Waals surface area contributed by atoms with Crippen molar-refractivity contribution in [3.8, 4) is 0 Å². The summed E-state index contributed by atoms with van der Waals surface area (Å²) in [6, 6.07) is 8.51. The van der Waals surface area contributed by atoms with Gasteiger partial charge in [0.25, 0.3) is 0 Å². The smallest absolute Gasteiger partial charge is 0.228 e. The lowest BCUT2D eigenvalue weighted by molar-refractivity contribution is -0.125. The summed E-state index contributed by atoms with van der Waals surface area (Å²) in [4.78, 5) is 28.3. The van der Waals surface area contributed by atoms with Crippen molar-refractivity contribution < 1.29 is 9.59 Å². The first-order valence-corrected chi connectivity index (χ1v) is 8.22. The monoisotopic (exact) mass is 363 g/mol. The van der Waals surface area contributed by atoms with E-state index < -0.39 is 0 Å². The van der Waals surface area contributed by atoms with E-state index in [9.17, 15) is 9.59 Å². The fraction of sp³-hybridized carbons (Fsp3) is 0.235. The highest BCUT2D eigenvalue weighted by atomic mass is 35.5. The molecule has 1 aromatic heterocycles. The highest BCUT2D eigenvalue weighted by Crippen LogP contribution is 2.40. The molecule has 24 heavy (non-hydrogen) atoms. The van der Waals surface area contributed by atoms with Crippen LogP contribution in [0.25, 0.3) is 0 Å². The average Bonchev–Trinajstić information content (AvgIpc) is 3.38. The summed E-state index contributed by atoms with van der Waals surface area (Å²) >= 11 is 11.9. The van der Waals surface area contributed by atoms with Crippen LogP contribution in [0.1, 0.15) is 12.0 Å². The predicted molar refractivity (Wildman–Crippen MR) is 92.8 cm³/mol. The van der Waals surface area contributed by atoms with Crippen LogP contribution >= 0.6 is 23.2 Å². The molecule has 0 saturated heterocycles. The molecule has 0 aliphatic heterocycles. The van der Waals surface area contributed by atoms with Gasteiger partial charge in [-0.15, -0.1) is 0 Å². The van der Waals surface area contributed by atoms with Crippen molar-refractivity contribution in [3.63, 3.8) is 0 Å². The summed E-state index contributed by atoms with van der Waals surface area (Å²) in [5.41, 5.74) is 1.42.